The SMILES string of the molecule is Cc1cccc(C(=O)OCC(=O)N2C[C@H](C)O[C@@H](C)C2)c1N. The fourth-order valence-corrected chi connectivity index (χ4v) is 2.54. The Morgan fingerprint density at radius 1 is 1.32 bits per heavy atom. The Morgan fingerprint density at radius 3 is 2.59 bits per heavy atom. The minimum atomic E-state index is -0.580. The minimum Gasteiger partial charge on any atom is -0.452 e. The molecule has 0 spiro atoms. The molecule has 6 heteroatoms. The second-order valence-corrected chi connectivity index (χ2v) is 5.67. The fourth-order valence-electron chi connectivity index (χ4n) is 2.54. The van der Waals surface area contributed by atoms with E-state index in [9.17, 15) is 9.59 Å². The summed E-state index contributed by atoms with van der Waals surface area (Å²) in [6, 6.07) is 5.14. The molecule has 1 saturated heterocycles. The van der Waals surface area contributed by atoms with E-state index in [1.54, 1.807) is 17.0 Å². The molecule has 0 saturated carbocycles. The highest BCUT2D eigenvalue weighted by molar-refractivity contribution is 5.96. The molecule has 6 nitrogen and oxygen atoms in total. The Hall–Kier alpha value is -2.08. The van der Waals surface area contributed by atoms with E-state index in [-0.39, 0.29) is 30.3 Å². The molecule has 0 radical (unpaired) electrons. The van der Waals surface area contributed by atoms with Gasteiger partial charge in [0.1, 0.15) is 0 Å². The minimum absolute atomic E-state index is 0.0178. The van der Waals surface area contributed by atoms with Gasteiger partial charge < -0.3 is 20.1 Å². The zero-order chi connectivity index (χ0) is 16.3. The van der Waals surface area contributed by atoms with Crippen molar-refractivity contribution >= 4 is 17.6 Å². The van der Waals surface area contributed by atoms with Gasteiger partial charge in [-0.1, -0.05) is 12.1 Å². The number of ether oxygens (including phenoxy) is 2. The van der Waals surface area contributed by atoms with Crippen molar-refractivity contribution in [3.8, 4) is 0 Å². The number of carbonyl (C=O) groups is 2. The third-order valence-electron chi connectivity index (χ3n) is 3.64. The Bertz CT molecular complexity index is 563. The molecule has 0 aromatic heterocycles. The van der Waals surface area contributed by atoms with Gasteiger partial charge in [0.05, 0.1) is 17.8 Å². The first kappa shape index (κ1) is 16.3. The highest BCUT2D eigenvalue weighted by atomic mass is 16.5. The van der Waals surface area contributed by atoms with Gasteiger partial charge in [0, 0.05) is 18.8 Å². The number of rotatable bonds is 3. The lowest BCUT2D eigenvalue weighted by molar-refractivity contribution is -0.146. The number of benzene rings is 1. The molecule has 1 aliphatic rings. The van der Waals surface area contributed by atoms with Gasteiger partial charge in [-0.2, -0.15) is 0 Å². The average molecular weight is 306 g/mol. The number of anilines is 1. The molecule has 2 atom stereocenters. The first-order valence-electron chi connectivity index (χ1n) is 7.34. The summed E-state index contributed by atoms with van der Waals surface area (Å²) in [7, 11) is 0. The van der Waals surface area contributed by atoms with Crippen LogP contribution in [0.15, 0.2) is 18.2 Å². The zero-order valence-electron chi connectivity index (χ0n) is 13.2. The van der Waals surface area contributed by atoms with E-state index < -0.39 is 5.97 Å². The van der Waals surface area contributed by atoms with E-state index in [4.69, 9.17) is 15.2 Å². The lowest BCUT2D eigenvalue weighted by Crippen LogP contribution is -2.49. The first-order valence-corrected chi connectivity index (χ1v) is 7.34. The summed E-state index contributed by atoms with van der Waals surface area (Å²) >= 11 is 0. The van der Waals surface area contributed by atoms with Crippen molar-refractivity contribution in [1.82, 2.24) is 4.90 Å². The largest absolute Gasteiger partial charge is 0.452 e. The number of nitrogen functional groups attached to an aromatic ring is 1. The number of esters is 1. The molecule has 0 unspecified atom stereocenters. The Kier molecular flexibility index (Phi) is 5.03. The highest BCUT2D eigenvalue weighted by Gasteiger charge is 2.26. The van der Waals surface area contributed by atoms with Crippen molar-refractivity contribution in [2.24, 2.45) is 0 Å². The van der Waals surface area contributed by atoms with Crippen molar-refractivity contribution in [3.63, 3.8) is 0 Å². The average Bonchev–Trinajstić information content (AvgIpc) is 2.46. The maximum absolute atomic E-state index is 12.1. The maximum atomic E-state index is 12.1. The van der Waals surface area contributed by atoms with Crippen LogP contribution in [0.2, 0.25) is 0 Å². The van der Waals surface area contributed by atoms with E-state index in [1.165, 1.54) is 0 Å². The lowest BCUT2D eigenvalue weighted by atomic mass is 10.1. The highest BCUT2D eigenvalue weighted by Crippen LogP contribution is 2.17. The monoisotopic (exact) mass is 306 g/mol. The lowest BCUT2D eigenvalue weighted by Gasteiger charge is -2.35. The van der Waals surface area contributed by atoms with Crippen LogP contribution in [-0.2, 0) is 14.3 Å². The van der Waals surface area contributed by atoms with E-state index >= 15 is 0 Å². The quantitative estimate of drug-likeness (QED) is 0.674. The number of morpholine rings is 1. The summed E-state index contributed by atoms with van der Waals surface area (Å²) in [6.45, 7) is 6.37. The van der Waals surface area contributed by atoms with Crippen LogP contribution in [0.5, 0.6) is 0 Å². The third kappa shape index (κ3) is 3.76. The van der Waals surface area contributed by atoms with Crippen molar-refractivity contribution in [1.29, 1.82) is 0 Å². The van der Waals surface area contributed by atoms with Crippen LogP contribution in [-0.4, -0.2) is 48.7 Å². The molecule has 0 aliphatic carbocycles. The van der Waals surface area contributed by atoms with Gasteiger partial charge >= 0.3 is 5.97 Å². The molecular formula is C16H22N2O4. The van der Waals surface area contributed by atoms with Crippen molar-refractivity contribution < 1.29 is 19.1 Å². The number of nitrogens with zero attached hydrogens (tertiary/aromatic N) is 1. The molecule has 1 aromatic rings. The smallest absolute Gasteiger partial charge is 0.340 e. The van der Waals surface area contributed by atoms with Gasteiger partial charge in [-0.25, -0.2) is 4.79 Å². The number of amides is 1. The topological polar surface area (TPSA) is 81.9 Å². The van der Waals surface area contributed by atoms with E-state index in [1.807, 2.05) is 26.8 Å². The van der Waals surface area contributed by atoms with Crippen molar-refractivity contribution in [2.45, 2.75) is 33.0 Å². The van der Waals surface area contributed by atoms with Crippen LogP contribution in [0.25, 0.3) is 0 Å². The second-order valence-electron chi connectivity index (χ2n) is 5.67. The van der Waals surface area contributed by atoms with Crippen LogP contribution in [0.4, 0.5) is 5.69 Å². The number of nitrogens with two attached hydrogens (primary N) is 1. The number of hydrogen-bond acceptors (Lipinski definition) is 5. The van der Waals surface area contributed by atoms with E-state index in [2.05, 4.69) is 0 Å². The second kappa shape index (κ2) is 6.79. The predicted octanol–water partition coefficient (Wildman–Crippen LogP) is 1.37. The Balaban J connectivity index is 1.93. The summed E-state index contributed by atoms with van der Waals surface area (Å²) in [5.74, 6) is -0.800. The van der Waals surface area contributed by atoms with Crippen molar-refractivity contribution in [2.75, 3.05) is 25.4 Å². The molecule has 1 fully saturated rings. The number of carbonyl (C=O) groups excluding carboxylic acids is 2. The summed E-state index contributed by atoms with van der Waals surface area (Å²) in [5.41, 5.74) is 7.33. The standard InChI is InChI=1S/C16H22N2O4/c1-10-5-4-6-13(15(10)17)16(20)21-9-14(19)18-7-11(2)22-12(3)8-18/h4-6,11-12H,7-9,17H2,1-3H3/t11-,12-/m0/s1. The maximum Gasteiger partial charge on any atom is 0.340 e. The van der Waals surface area contributed by atoms with Crippen LogP contribution in [0.3, 0.4) is 0 Å². The molecule has 1 aromatic carbocycles. The van der Waals surface area contributed by atoms with Gasteiger partial charge in [0.2, 0.25) is 0 Å². The molecule has 2 N–H and O–H groups in total. The molecule has 1 amide bonds. The van der Waals surface area contributed by atoms with Gasteiger partial charge in [-0.3, -0.25) is 4.79 Å². The zero-order valence-corrected chi connectivity index (χ0v) is 13.2. The summed E-state index contributed by atoms with van der Waals surface area (Å²) in [4.78, 5) is 25.8. The number of hydrogen-bond donors (Lipinski definition) is 1. The van der Waals surface area contributed by atoms with Gasteiger partial charge in [-0.15, -0.1) is 0 Å². The Morgan fingerprint density at radius 2 is 1.95 bits per heavy atom. The van der Waals surface area contributed by atoms with E-state index in [0.717, 1.165) is 5.56 Å². The molecular weight excluding hydrogens is 284 g/mol. The summed E-state index contributed by atoms with van der Waals surface area (Å²) < 4.78 is 10.7. The van der Waals surface area contributed by atoms with Gasteiger partial charge in [0.15, 0.2) is 6.61 Å². The number of para-hydroxylation sites is 1. The molecule has 120 valence electrons. The molecule has 1 aliphatic heterocycles. The molecule has 1 heterocycles. The van der Waals surface area contributed by atoms with Gasteiger partial charge in [-0.05, 0) is 32.4 Å². The normalized spacial score (nSPS) is 21.5. The van der Waals surface area contributed by atoms with Gasteiger partial charge in [0.25, 0.3) is 5.91 Å². The Labute approximate surface area is 130 Å². The predicted molar refractivity (Wildman–Crippen MR) is 82.5 cm³/mol. The fraction of sp³-hybridized carbons (Fsp3) is 0.500. The van der Waals surface area contributed by atoms with Crippen LogP contribution in [0.1, 0.15) is 29.8 Å². The van der Waals surface area contributed by atoms with E-state index in [0.29, 0.717) is 18.8 Å². The molecule has 22 heavy (non-hydrogen) atoms. The van der Waals surface area contributed by atoms with Crippen LogP contribution >= 0.6 is 0 Å². The summed E-state index contributed by atoms with van der Waals surface area (Å²) in [6.07, 6.45) is -0.0355. The molecule has 2 rings (SSSR count). The summed E-state index contributed by atoms with van der Waals surface area (Å²) in [5, 5.41) is 0. The number of aryl methyl sites for hydroxylation is 1. The third-order valence-corrected chi connectivity index (χ3v) is 3.64. The van der Waals surface area contributed by atoms with Crippen LogP contribution < -0.4 is 5.73 Å². The molecule has 0 bridgehead atoms. The van der Waals surface area contributed by atoms with Crippen LogP contribution in [0, 0.1) is 6.92 Å². The first-order chi connectivity index (χ1) is 10.4. The van der Waals surface area contributed by atoms with Crippen molar-refractivity contribution in [3.05, 3.63) is 29.3 Å².